The summed E-state index contributed by atoms with van der Waals surface area (Å²) in [6.07, 6.45) is 6.34. The highest BCUT2D eigenvalue weighted by atomic mass is 19.1. The van der Waals surface area contributed by atoms with Gasteiger partial charge in [-0.15, -0.1) is 0 Å². The van der Waals surface area contributed by atoms with Gasteiger partial charge in [-0.3, -0.25) is 0 Å². The summed E-state index contributed by atoms with van der Waals surface area (Å²) in [5.41, 5.74) is 3.40. The molecule has 3 nitrogen and oxygen atoms in total. The fourth-order valence-corrected chi connectivity index (χ4v) is 5.94. The SMILES string of the molecule is C=C(c1ccc(-c2ccc(CCC3CCN(CC(C)(C)F)CC3)c(C#N)c2)c(F)c1)N1CCCC(C)C1. The number of halogens is 2. The molecular formula is C32H41F2N3. The lowest BCUT2D eigenvalue weighted by atomic mass is 9.88. The standard InChI is InChI=1S/C32H41F2N3/c1-23-6-5-15-37(21-23)24(2)27-11-12-30(31(33)19-27)28-10-9-26(29(18-28)20-35)8-7-25-13-16-36(17-14-25)22-32(3,4)34/h9-12,18-19,23,25H,2,5-8,13-17,21-22H2,1,3-4H3. The van der Waals surface area contributed by atoms with Crippen molar-refractivity contribution in [3.63, 3.8) is 0 Å². The molecule has 37 heavy (non-hydrogen) atoms. The third-order valence-corrected chi connectivity index (χ3v) is 8.01. The molecule has 0 radical (unpaired) electrons. The van der Waals surface area contributed by atoms with Gasteiger partial charge in [-0.25, -0.2) is 8.78 Å². The van der Waals surface area contributed by atoms with Crippen molar-refractivity contribution in [2.45, 2.75) is 65.0 Å². The molecule has 1 unspecified atom stereocenters. The third-order valence-electron chi connectivity index (χ3n) is 8.01. The fraction of sp³-hybridized carbons (Fsp3) is 0.531. The van der Waals surface area contributed by atoms with Gasteiger partial charge in [0.15, 0.2) is 0 Å². The Morgan fingerprint density at radius 2 is 1.86 bits per heavy atom. The van der Waals surface area contributed by atoms with Crippen LogP contribution in [0.5, 0.6) is 0 Å². The van der Waals surface area contributed by atoms with Gasteiger partial charge in [-0.05, 0) is 101 Å². The van der Waals surface area contributed by atoms with E-state index >= 15 is 4.39 Å². The lowest BCUT2D eigenvalue weighted by Gasteiger charge is -2.34. The van der Waals surface area contributed by atoms with Gasteiger partial charge >= 0.3 is 0 Å². The molecule has 2 aliphatic heterocycles. The number of aryl methyl sites for hydroxylation is 1. The van der Waals surface area contributed by atoms with E-state index in [1.807, 2.05) is 30.3 Å². The Balaban J connectivity index is 1.39. The van der Waals surface area contributed by atoms with Gasteiger partial charge in [0.1, 0.15) is 11.5 Å². The van der Waals surface area contributed by atoms with Crippen LogP contribution >= 0.6 is 0 Å². The Morgan fingerprint density at radius 1 is 1.11 bits per heavy atom. The van der Waals surface area contributed by atoms with Crippen molar-refractivity contribution in [1.29, 1.82) is 5.26 Å². The first-order valence-corrected chi connectivity index (χ1v) is 13.8. The second kappa shape index (κ2) is 11.8. The van der Waals surface area contributed by atoms with E-state index < -0.39 is 5.67 Å². The van der Waals surface area contributed by atoms with E-state index in [-0.39, 0.29) is 5.82 Å². The first kappa shape index (κ1) is 27.3. The maximum absolute atomic E-state index is 15.2. The Bertz CT molecular complexity index is 1140. The molecule has 0 bridgehead atoms. The van der Waals surface area contributed by atoms with Crippen molar-refractivity contribution in [2.75, 3.05) is 32.7 Å². The molecule has 0 amide bonds. The number of rotatable bonds is 8. The molecule has 4 rings (SSSR count). The molecule has 0 N–H and O–H groups in total. The van der Waals surface area contributed by atoms with Crippen LogP contribution in [-0.4, -0.2) is 48.2 Å². The van der Waals surface area contributed by atoms with Crippen LogP contribution in [0.1, 0.15) is 69.6 Å². The molecule has 2 aromatic rings. The van der Waals surface area contributed by atoms with Crippen molar-refractivity contribution < 1.29 is 8.78 Å². The maximum atomic E-state index is 15.2. The zero-order valence-corrected chi connectivity index (χ0v) is 22.7. The van der Waals surface area contributed by atoms with Crippen LogP contribution in [0.25, 0.3) is 16.8 Å². The molecule has 2 heterocycles. The molecule has 1 atom stereocenters. The Labute approximate surface area is 221 Å². The first-order valence-electron chi connectivity index (χ1n) is 13.8. The summed E-state index contributed by atoms with van der Waals surface area (Å²) in [5, 5.41) is 9.82. The molecule has 5 heteroatoms. The highest BCUT2D eigenvalue weighted by Crippen LogP contribution is 2.31. The number of hydrogen-bond donors (Lipinski definition) is 0. The molecule has 198 valence electrons. The molecule has 0 spiro atoms. The largest absolute Gasteiger partial charge is 0.371 e. The molecule has 0 saturated carbocycles. The van der Waals surface area contributed by atoms with E-state index in [4.69, 9.17) is 0 Å². The van der Waals surface area contributed by atoms with Crippen LogP contribution in [0.2, 0.25) is 0 Å². The number of alkyl halides is 1. The summed E-state index contributed by atoms with van der Waals surface area (Å²) in [6.45, 7) is 14.0. The minimum atomic E-state index is -1.16. The number of nitrogens with zero attached hydrogens (tertiary/aromatic N) is 3. The van der Waals surface area contributed by atoms with Crippen LogP contribution in [0, 0.1) is 29.0 Å². The normalized spacial score (nSPS) is 19.6. The summed E-state index contributed by atoms with van der Waals surface area (Å²) in [7, 11) is 0. The molecule has 2 aliphatic rings. The Kier molecular flexibility index (Phi) is 8.70. The number of likely N-dealkylation sites (tertiary alicyclic amines) is 2. The average molecular weight is 506 g/mol. The van der Waals surface area contributed by atoms with Crippen LogP contribution in [0.4, 0.5) is 8.78 Å². The second-order valence-corrected chi connectivity index (χ2v) is 11.8. The van der Waals surface area contributed by atoms with Crippen LogP contribution < -0.4 is 0 Å². The molecule has 2 fully saturated rings. The van der Waals surface area contributed by atoms with Crippen molar-refractivity contribution in [1.82, 2.24) is 9.80 Å². The maximum Gasteiger partial charge on any atom is 0.131 e. The summed E-state index contributed by atoms with van der Waals surface area (Å²) in [6, 6.07) is 13.4. The topological polar surface area (TPSA) is 30.3 Å². The minimum absolute atomic E-state index is 0.288. The highest BCUT2D eigenvalue weighted by molar-refractivity contribution is 5.71. The van der Waals surface area contributed by atoms with Crippen molar-refractivity contribution in [2.24, 2.45) is 11.8 Å². The summed E-state index contributed by atoms with van der Waals surface area (Å²) >= 11 is 0. The summed E-state index contributed by atoms with van der Waals surface area (Å²) < 4.78 is 29.2. The third kappa shape index (κ3) is 7.20. The Morgan fingerprint density at radius 3 is 2.51 bits per heavy atom. The van der Waals surface area contributed by atoms with E-state index in [0.29, 0.717) is 29.5 Å². The van der Waals surface area contributed by atoms with E-state index in [0.717, 1.165) is 80.7 Å². The molecule has 0 aliphatic carbocycles. The van der Waals surface area contributed by atoms with Crippen molar-refractivity contribution in [3.8, 4) is 17.2 Å². The van der Waals surface area contributed by atoms with E-state index in [1.165, 1.54) is 6.42 Å². The number of nitriles is 1. The highest BCUT2D eigenvalue weighted by Gasteiger charge is 2.25. The predicted octanol–water partition coefficient (Wildman–Crippen LogP) is 7.46. The van der Waals surface area contributed by atoms with Gasteiger partial charge in [0.05, 0.1) is 11.6 Å². The second-order valence-electron chi connectivity index (χ2n) is 11.8. The number of piperidine rings is 2. The molecule has 2 aromatic carbocycles. The number of hydrogen-bond acceptors (Lipinski definition) is 3. The summed E-state index contributed by atoms with van der Waals surface area (Å²) in [4.78, 5) is 4.48. The van der Waals surface area contributed by atoms with Gasteiger partial charge < -0.3 is 9.80 Å². The van der Waals surface area contributed by atoms with Crippen LogP contribution in [0.15, 0.2) is 43.0 Å². The lowest BCUT2D eigenvalue weighted by Crippen LogP contribution is -2.41. The number of benzene rings is 2. The van der Waals surface area contributed by atoms with Crippen molar-refractivity contribution >= 4 is 5.70 Å². The van der Waals surface area contributed by atoms with Gasteiger partial charge in [0.2, 0.25) is 0 Å². The zero-order chi connectivity index (χ0) is 26.6. The van der Waals surface area contributed by atoms with Crippen LogP contribution in [0.3, 0.4) is 0 Å². The minimum Gasteiger partial charge on any atom is -0.371 e. The quantitative estimate of drug-likeness (QED) is 0.373. The predicted molar refractivity (Wildman–Crippen MR) is 148 cm³/mol. The van der Waals surface area contributed by atoms with E-state index in [1.54, 1.807) is 19.9 Å². The van der Waals surface area contributed by atoms with Crippen molar-refractivity contribution in [3.05, 3.63) is 65.5 Å². The van der Waals surface area contributed by atoms with Gasteiger partial charge in [-0.1, -0.05) is 37.8 Å². The van der Waals surface area contributed by atoms with Gasteiger partial charge in [0, 0.05) is 36.5 Å². The van der Waals surface area contributed by atoms with Gasteiger partial charge in [0.25, 0.3) is 0 Å². The van der Waals surface area contributed by atoms with Crippen LogP contribution in [-0.2, 0) is 6.42 Å². The molecule has 0 aromatic heterocycles. The first-order chi connectivity index (χ1) is 17.6. The Hall–Kier alpha value is -2.71. The smallest absolute Gasteiger partial charge is 0.131 e. The van der Waals surface area contributed by atoms with Gasteiger partial charge in [-0.2, -0.15) is 5.26 Å². The zero-order valence-electron chi connectivity index (χ0n) is 22.7. The average Bonchev–Trinajstić information content (AvgIpc) is 2.87. The summed E-state index contributed by atoms with van der Waals surface area (Å²) in [5.74, 6) is 0.925. The fourth-order valence-electron chi connectivity index (χ4n) is 5.94. The lowest BCUT2D eigenvalue weighted by molar-refractivity contribution is 0.0943. The van der Waals surface area contributed by atoms with E-state index in [2.05, 4.69) is 29.4 Å². The monoisotopic (exact) mass is 505 g/mol. The molecule has 2 saturated heterocycles. The van der Waals surface area contributed by atoms with E-state index in [9.17, 15) is 9.65 Å². The molecular weight excluding hydrogens is 464 g/mol.